The van der Waals surface area contributed by atoms with Crippen molar-refractivity contribution in [2.75, 3.05) is 5.33 Å². The second kappa shape index (κ2) is 3.87. The van der Waals surface area contributed by atoms with E-state index in [4.69, 9.17) is 0 Å². The maximum Gasteiger partial charge on any atom is 0.0758 e. The fourth-order valence-electron chi connectivity index (χ4n) is 0. The lowest BCUT2D eigenvalue weighted by Crippen LogP contribution is -1.79. The minimum atomic E-state index is 0.583. The molecule has 0 aliphatic heterocycles. The van der Waals surface area contributed by atoms with E-state index < -0.39 is 0 Å². The van der Waals surface area contributed by atoms with Crippen molar-refractivity contribution in [3.05, 3.63) is 0 Å². The molecule has 0 aromatic carbocycles. The molecule has 0 fully saturated rings. The van der Waals surface area contributed by atoms with Gasteiger partial charge in [0.2, 0.25) is 0 Å². The molecule has 0 aromatic rings. The average molecular weight is 314 g/mol. The van der Waals surface area contributed by atoms with Gasteiger partial charge in [0.25, 0.3) is 0 Å². The number of alkyl halides is 3. The molecule has 0 aromatic heterocycles. The summed E-state index contributed by atoms with van der Waals surface area (Å²) in [6.45, 7) is 0. The fourth-order valence-corrected chi connectivity index (χ4v) is 0. The van der Waals surface area contributed by atoms with Crippen molar-refractivity contribution in [2.45, 2.75) is 2.83 Å². The molecular formula is C2H3Br2I. The molecule has 0 heterocycles. The van der Waals surface area contributed by atoms with Crippen LogP contribution in [0.15, 0.2) is 0 Å². The lowest BCUT2D eigenvalue weighted by atomic mass is 11.0. The van der Waals surface area contributed by atoms with Gasteiger partial charge >= 0.3 is 0 Å². The molecule has 0 N–H and O–H groups in total. The molecule has 32 valence electrons. The Labute approximate surface area is 62.1 Å². The van der Waals surface area contributed by atoms with E-state index in [1.54, 1.807) is 0 Å². The third-order valence-corrected chi connectivity index (χ3v) is 3.61. The van der Waals surface area contributed by atoms with Crippen LogP contribution in [-0.2, 0) is 0 Å². The highest BCUT2D eigenvalue weighted by atomic mass is 127. The van der Waals surface area contributed by atoms with Crippen LogP contribution in [0.5, 0.6) is 0 Å². The summed E-state index contributed by atoms with van der Waals surface area (Å²) in [6.07, 6.45) is 0. The van der Waals surface area contributed by atoms with Crippen LogP contribution >= 0.6 is 54.5 Å². The van der Waals surface area contributed by atoms with Crippen LogP contribution in [0.2, 0.25) is 0 Å². The summed E-state index contributed by atoms with van der Waals surface area (Å²) in [5, 5.41) is 1.02. The van der Waals surface area contributed by atoms with Gasteiger partial charge in [-0.1, -0.05) is 54.5 Å². The largest absolute Gasteiger partial charge is 0.0907 e. The predicted octanol–water partition coefficient (Wildman–Crippen LogP) is 2.54. The summed E-state index contributed by atoms with van der Waals surface area (Å²) in [5.74, 6) is 0. The first kappa shape index (κ1) is 6.69. The zero-order valence-corrected chi connectivity index (χ0v) is 7.75. The van der Waals surface area contributed by atoms with Crippen molar-refractivity contribution in [1.29, 1.82) is 0 Å². The lowest BCUT2D eigenvalue weighted by Gasteiger charge is -1.83. The second-order valence-electron chi connectivity index (χ2n) is 0.545. The zero-order valence-electron chi connectivity index (χ0n) is 2.42. The van der Waals surface area contributed by atoms with Gasteiger partial charge in [0, 0.05) is 5.33 Å². The van der Waals surface area contributed by atoms with Gasteiger partial charge in [-0.05, 0) is 0 Å². The van der Waals surface area contributed by atoms with Crippen LogP contribution in [0.1, 0.15) is 0 Å². The first-order chi connectivity index (χ1) is 2.27. The maximum atomic E-state index is 3.31. The van der Waals surface area contributed by atoms with E-state index in [2.05, 4.69) is 54.5 Å². The van der Waals surface area contributed by atoms with Crippen LogP contribution in [0.4, 0.5) is 0 Å². The third kappa shape index (κ3) is 5.69. The van der Waals surface area contributed by atoms with Gasteiger partial charge in [-0.15, -0.1) is 0 Å². The quantitative estimate of drug-likeness (QED) is 0.515. The normalized spacial score (nSPS) is 15.0. The topological polar surface area (TPSA) is 0 Å². The van der Waals surface area contributed by atoms with Gasteiger partial charge in [0.1, 0.15) is 0 Å². The molecule has 0 bridgehead atoms. The highest BCUT2D eigenvalue weighted by Crippen LogP contribution is 2.10. The molecule has 0 aliphatic rings. The standard InChI is InChI=1S/C2H3Br2I/c3-1-2(4)5/h2H,1H2. The molecule has 0 radical (unpaired) electrons. The van der Waals surface area contributed by atoms with E-state index in [0.29, 0.717) is 2.83 Å². The van der Waals surface area contributed by atoms with Gasteiger partial charge in [0.05, 0.1) is 2.83 Å². The first-order valence-corrected chi connectivity index (χ1v) is 4.39. The Bertz CT molecular complexity index is 21.6. The highest BCUT2D eigenvalue weighted by molar-refractivity contribution is 14.1. The Morgan fingerprint density at radius 1 is 1.80 bits per heavy atom. The molecular weight excluding hydrogens is 311 g/mol. The third-order valence-electron chi connectivity index (χ3n) is 0.117. The molecule has 0 aliphatic carbocycles. The van der Waals surface area contributed by atoms with Crippen LogP contribution in [0, 0.1) is 0 Å². The SMILES string of the molecule is BrCC(Br)I. The monoisotopic (exact) mass is 312 g/mol. The molecule has 5 heavy (non-hydrogen) atoms. The van der Waals surface area contributed by atoms with E-state index in [1.807, 2.05) is 0 Å². The van der Waals surface area contributed by atoms with Crippen LogP contribution in [-0.4, -0.2) is 8.16 Å². The fraction of sp³-hybridized carbons (Fsp3) is 1.00. The van der Waals surface area contributed by atoms with Crippen LogP contribution in [0.3, 0.4) is 0 Å². The Morgan fingerprint density at radius 3 is 2.00 bits per heavy atom. The lowest BCUT2D eigenvalue weighted by molar-refractivity contribution is 1.57. The molecule has 0 amide bonds. The minimum Gasteiger partial charge on any atom is -0.0907 e. The smallest absolute Gasteiger partial charge is 0.0758 e. The summed E-state index contributed by atoms with van der Waals surface area (Å²) >= 11 is 8.85. The van der Waals surface area contributed by atoms with Crippen LogP contribution < -0.4 is 0 Å². The van der Waals surface area contributed by atoms with Gasteiger partial charge in [0.15, 0.2) is 0 Å². The molecule has 0 saturated heterocycles. The van der Waals surface area contributed by atoms with Crippen molar-refractivity contribution in [1.82, 2.24) is 0 Å². The molecule has 1 unspecified atom stereocenters. The van der Waals surface area contributed by atoms with Crippen LogP contribution in [0.25, 0.3) is 0 Å². The maximum absolute atomic E-state index is 3.31. The molecule has 1 atom stereocenters. The minimum absolute atomic E-state index is 0.583. The molecule has 0 nitrogen and oxygen atoms in total. The summed E-state index contributed by atoms with van der Waals surface area (Å²) in [4.78, 5) is 0. The van der Waals surface area contributed by atoms with E-state index in [1.165, 1.54) is 0 Å². The highest BCUT2D eigenvalue weighted by Gasteiger charge is 1.86. The molecule has 3 heteroatoms. The van der Waals surface area contributed by atoms with E-state index in [9.17, 15) is 0 Å². The zero-order chi connectivity index (χ0) is 4.28. The van der Waals surface area contributed by atoms with Gasteiger partial charge in [-0.2, -0.15) is 0 Å². The number of hydrogen-bond donors (Lipinski definition) is 0. The average Bonchev–Trinajstić information content (AvgIpc) is 1.38. The van der Waals surface area contributed by atoms with E-state index in [0.717, 1.165) is 5.33 Å². The molecule has 0 saturated carbocycles. The van der Waals surface area contributed by atoms with Crippen molar-refractivity contribution in [3.8, 4) is 0 Å². The van der Waals surface area contributed by atoms with Crippen molar-refractivity contribution < 1.29 is 0 Å². The predicted molar refractivity (Wildman–Crippen MR) is 40.5 cm³/mol. The molecule has 0 rings (SSSR count). The van der Waals surface area contributed by atoms with E-state index >= 15 is 0 Å². The van der Waals surface area contributed by atoms with Crippen molar-refractivity contribution in [3.63, 3.8) is 0 Å². The van der Waals surface area contributed by atoms with Gasteiger partial charge < -0.3 is 0 Å². The van der Waals surface area contributed by atoms with Crippen molar-refractivity contribution >= 4 is 54.5 Å². The summed E-state index contributed by atoms with van der Waals surface area (Å²) in [5.41, 5.74) is 0. The Morgan fingerprint density at radius 2 is 2.00 bits per heavy atom. The Kier molecular flexibility index (Phi) is 5.17. The summed E-state index contributed by atoms with van der Waals surface area (Å²) < 4.78 is 0.583. The molecule has 0 spiro atoms. The van der Waals surface area contributed by atoms with Gasteiger partial charge in [-0.25, -0.2) is 0 Å². The second-order valence-corrected chi connectivity index (χ2v) is 5.51. The van der Waals surface area contributed by atoms with Crippen molar-refractivity contribution in [2.24, 2.45) is 0 Å². The number of rotatable bonds is 1. The Balaban J connectivity index is 2.54. The summed E-state index contributed by atoms with van der Waals surface area (Å²) in [7, 11) is 0. The number of hydrogen-bond acceptors (Lipinski definition) is 0. The summed E-state index contributed by atoms with van der Waals surface area (Å²) in [6, 6.07) is 0. The van der Waals surface area contributed by atoms with E-state index in [-0.39, 0.29) is 0 Å². The number of halogens is 3. The Hall–Kier alpha value is 1.69. The first-order valence-electron chi connectivity index (χ1n) is 1.11. The van der Waals surface area contributed by atoms with Gasteiger partial charge in [-0.3, -0.25) is 0 Å².